The van der Waals surface area contributed by atoms with Gasteiger partial charge in [-0.15, -0.1) is 0 Å². The van der Waals surface area contributed by atoms with E-state index in [4.69, 9.17) is 0 Å². The van der Waals surface area contributed by atoms with Crippen LogP contribution in [-0.2, 0) is 11.2 Å². The minimum atomic E-state index is 0.286. The number of rotatable bonds is 5. The van der Waals surface area contributed by atoms with Gasteiger partial charge in [-0.25, -0.2) is 0 Å². The highest BCUT2D eigenvalue weighted by Crippen LogP contribution is 2.38. The maximum absolute atomic E-state index is 12.6. The molecule has 1 aromatic carbocycles. The predicted octanol–water partition coefficient (Wildman–Crippen LogP) is 2.25. The van der Waals surface area contributed by atoms with Crippen molar-refractivity contribution in [3.05, 3.63) is 35.9 Å². The molecule has 0 atom stereocenters. The molecule has 4 nitrogen and oxygen atoms in total. The summed E-state index contributed by atoms with van der Waals surface area (Å²) >= 11 is 0. The predicted molar refractivity (Wildman–Crippen MR) is 98.1 cm³/mol. The summed E-state index contributed by atoms with van der Waals surface area (Å²) in [6, 6.07) is 10.1. The van der Waals surface area contributed by atoms with Crippen LogP contribution in [0.1, 0.15) is 31.2 Å². The normalized spacial score (nSPS) is 20.9. The number of hydrogen-bond acceptors (Lipinski definition) is 3. The van der Waals surface area contributed by atoms with Crippen LogP contribution in [0.3, 0.4) is 0 Å². The first-order valence-electron chi connectivity index (χ1n) is 9.31. The first-order chi connectivity index (χ1) is 11.6. The molecule has 2 heterocycles. The van der Waals surface area contributed by atoms with Crippen LogP contribution >= 0.6 is 0 Å². The second-order valence-electron chi connectivity index (χ2n) is 7.66. The van der Waals surface area contributed by atoms with Crippen molar-refractivity contribution >= 4 is 5.91 Å². The summed E-state index contributed by atoms with van der Waals surface area (Å²) in [5, 5.41) is 0. The maximum Gasteiger partial charge on any atom is 0.226 e. The van der Waals surface area contributed by atoms with E-state index >= 15 is 0 Å². The Kier molecular flexibility index (Phi) is 5.57. The lowest BCUT2D eigenvalue weighted by Gasteiger charge is -2.45. The third kappa shape index (κ3) is 3.98. The monoisotopic (exact) mass is 329 g/mol. The molecule has 0 saturated carbocycles. The van der Waals surface area contributed by atoms with Crippen LogP contribution < -0.4 is 0 Å². The lowest BCUT2D eigenvalue weighted by molar-refractivity contribution is -0.133. The van der Waals surface area contributed by atoms with E-state index in [0.717, 1.165) is 44.6 Å². The first-order valence-corrected chi connectivity index (χ1v) is 9.31. The van der Waals surface area contributed by atoms with Crippen LogP contribution in [0.15, 0.2) is 30.3 Å². The minimum absolute atomic E-state index is 0.286. The summed E-state index contributed by atoms with van der Waals surface area (Å²) in [5.74, 6) is 0.286. The van der Waals surface area contributed by atoms with Gasteiger partial charge in [0.05, 0.1) is 6.42 Å². The summed E-state index contributed by atoms with van der Waals surface area (Å²) in [6.07, 6.45) is 5.44. The van der Waals surface area contributed by atoms with E-state index in [2.05, 4.69) is 28.8 Å². The summed E-state index contributed by atoms with van der Waals surface area (Å²) in [6.45, 7) is 5.35. The van der Waals surface area contributed by atoms with Gasteiger partial charge in [0, 0.05) is 31.7 Å². The van der Waals surface area contributed by atoms with Crippen LogP contribution in [0.5, 0.6) is 0 Å². The number of likely N-dealkylation sites (tertiary alicyclic amines) is 2. The Balaban J connectivity index is 1.54. The van der Waals surface area contributed by atoms with E-state index in [1.54, 1.807) is 0 Å². The third-order valence-electron chi connectivity index (χ3n) is 5.80. The molecule has 2 fully saturated rings. The number of benzene rings is 1. The van der Waals surface area contributed by atoms with Crippen LogP contribution in [-0.4, -0.2) is 73.0 Å². The highest BCUT2D eigenvalue weighted by Gasteiger charge is 2.43. The highest BCUT2D eigenvalue weighted by atomic mass is 16.2. The summed E-state index contributed by atoms with van der Waals surface area (Å²) < 4.78 is 0. The molecule has 24 heavy (non-hydrogen) atoms. The SMILES string of the molecule is CN(C)CCN1CCCC12CCN(C(=O)Cc1ccccc1)CC2. The van der Waals surface area contributed by atoms with Crippen molar-refractivity contribution in [3.63, 3.8) is 0 Å². The number of carbonyl (C=O) groups is 1. The summed E-state index contributed by atoms with van der Waals surface area (Å²) in [5.41, 5.74) is 1.48. The Labute approximate surface area is 146 Å². The Morgan fingerprint density at radius 3 is 2.46 bits per heavy atom. The Hall–Kier alpha value is -1.39. The first kappa shape index (κ1) is 17.4. The molecule has 1 amide bonds. The molecular weight excluding hydrogens is 298 g/mol. The van der Waals surface area contributed by atoms with Crippen molar-refractivity contribution in [2.24, 2.45) is 0 Å². The van der Waals surface area contributed by atoms with Gasteiger partial charge in [-0.05, 0) is 51.9 Å². The lowest BCUT2D eigenvalue weighted by atomic mass is 9.84. The molecule has 0 N–H and O–H groups in total. The number of hydrogen-bond donors (Lipinski definition) is 0. The standard InChI is InChI=1S/C20H31N3O/c1-21(2)15-16-23-12-6-9-20(23)10-13-22(14-11-20)19(24)17-18-7-4-3-5-8-18/h3-5,7-8H,6,9-17H2,1-2H3. The van der Waals surface area contributed by atoms with E-state index in [1.807, 2.05) is 30.3 Å². The smallest absolute Gasteiger partial charge is 0.226 e. The van der Waals surface area contributed by atoms with E-state index in [9.17, 15) is 4.79 Å². The molecule has 0 unspecified atom stereocenters. The maximum atomic E-state index is 12.6. The van der Waals surface area contributed by atoms with Crippen LogP contribution in [0.25, 0.3) is 0 Å². The second-order valence-corrected chi connectivity index (χ2v) is 7.66. The number of likely N-dealkylation sites (N-methyl/N-ethyl adjacent to an activating group) is 1. The minimum Gasteiger partial charge on any atom is -0.342 e. The third-order valence-corrected chi connectivity index (χ3v) is 5.80. The van der Waals surface area contributed by atoms with Gasteiger partial charge in [-0.3, -0.25) is 9.69 Å². The van der Waals surface area contributed by atoms with Gasteiger partial charge in [0.15, 0.2) is 0 Å². The fourth-order valence-electron chi connectivity index (χ4n) is 4.28. The van der Waals surface area contributed by atoms with E-state index in [0.29, 0.717) is 12.0 Å². The zero-order chi connectivity index (χ0) is 17.0. The molecule has 1 spiro atoms. The fraction of sp³-hybridized carbons (Fsp3) is 0.650. The lowest BCUT2D eigenvalue weighted by Crippen LogP contribution is -2.54. The van der Waals surface area contributed by atoms with Gasteiger partial charge >= 0.3 is 0 Å². The molecule has 4 heteroatoms. The zero-order valence-corrected chi connectivity index (χ0v) is 15.2. The Morgan fingerprint density at radius 2 is 1.79 bits per heavy atom. The molecule has 132 valence electrons. The van der Waals surface area contributed by atoms with Gasteiger partial charge in [0.2, 0.25) is 5.91 Å². The quantitative estimate of drug-likeness (QED) is 0.829. The van der Waals surface area contributed by atoms with Gasteiger partial charge in [0.25, 0.3) is 0 Å². The molecule has 0 radical (unpaired) electrons. The van der Waals surface area contributed by atoms with Gasteiger partial charge in [-0.1, -0.05) is 30.3 Å². The van der Waals surface area contributed by atoms with Gasteiger partial charge < -0.3 is 9.80 Å². The number of carbonyl (C=O) groups excluding carboxylic acids is 1. The molecule has 3 rings (SSSR count). The van der Waals surface area contributed by atoms with E-state index in [-0.39, 0.29) is 5.91 Å². The van der Waals surface area contributed by atoms with Crippen molar-refractivity contribution in [1.82, 2.24) is 14.7 Å². The molecule has 2 aliphatic heterocycles. The molecule has 2 aliphatic rings. The van der Waals surface area contributed by atoms with Crippen molar-refractivity contribution < 1.29 is 4.79 Å². The van der Waals surface area contributed by atoms with Crippen LogP contribution in [0.4, 0.5) is 0 Å². The topological polar surface area (TPSA) is 26.8 Å². The molecule has 0 aliphatic carbocycles. The number of nitrogens with zero attached hydrogens (tertiary/aromatic N) is 3. The van der Waals surface area contributed by atoms with Crippen molar-refractivity contribution in [2.75, 3.05) is 46.8 Å². The van der Waals surface area contributed by atoms with Crippen LogP contribution in [0, 0.1) is 0 Å². The van der Waals surface area contributed by atoms with Crippen molar-refractivity contribution in [3.8, 4) is 0 Å². The highest BCUT2D eigenvalue weighted by molar-refractivity contribution is 5.78. The zero-order valence-electron chi connectivity index (χ0n) is 15.2. The van der Waals surface area contributed by atoms with Gasteiger partial charge in [0.1, 0.15) is 0 Å². The second kappa shape index (κ2) is 7.66. The molecular formula is C20H31N3O. The molecule has 1 aromatic rings. The summed E-state index contributed by atoms with van der Waals surface area (Å²) in [7, 11) is 4.29. The van der Waals surface area contributed by atoms with E-state index < -0.39 is 0 Å². The van der Waals surface area contributed by atoms with Gasteiger partial charge in [-0.2, -0.15) is 0 Å². The largest absolute Gasteiger partial charge is 0.342 e. The average Bonchev–Trinajstić information content (AvgIpc) is 2.96. The fourth-order valence-corrected chi connectivity index (χ4v) is 4.28. The summed E-state index contributed by atoms with van der Waals surface area (Å²) in [4.78, 5) is 19.6. The molecule has 2 saturated heterocycles. The Morgan fingerprint density at radius 1 is 1.08 bits per heavy atom. The number of piperidine rings is 1. The van der Waals surface area contributed by atoms with Crippen molar-refractivity contribution in [1.29, 1.82) is 0 Å². The van der Waals surface area contributed by atoms with E-state index in [1.165, 1.54) is 19.4 Å². The van der Waals surface area contributed by atoms with Crippen molar-refractivity contribution in [2.45, 2.75) is 37.6 Å². The number of amides is 1. The molecule has 0 aromatic heterocycles. The average molecular weight is 329 g/mol. The van der Waals surface area contributed by atoms with Crippen LogP contribution in [0.2, 0.25) is 0 Å². The Bertz CT molecular complexity index is 535. The molecule has 0 bridgehead atoms.